The van der Waals surface area contributed by atoms with Crippen molar-refractivity contribution in [3.8, 4) is 0 Å². The van der Waals surface area contributed by atoms with E-state index in [2.05, 4.69) is 6.58 Å². The van der Waals surface area contributed by atoms with Crippen molar-refractivity contribution in [2.75, 3.05) is 26.3 Å². The van der Waals surface area contributed by atoms with Crippen LogP contribution in [0.3, 0.4) is 0 Å². The van der Waals surface area contributed by atoms with Gasteiger partial charge in [-0.05, 0) is 31.6 Å². The van der Waals surface area contributed by atoms with Crippen LogP contribution in [-0.2, 0) is 14.8 Å². The summed E-state index contributed by atoms with van der Waals surface area (Å²) in [6.45, 7) is 9.31. The first-order valence-electron chi connectivity index (χ1n) is 6.91. The number of nitrogens with zero attached hydrogens (tertiary/aromatic N) is 1. The SMILES string of the molecule is C=C(C)/C1=C/CN(S(=O)(=O)c2ccc(C)cc2)CCOC1. The van der Waals surface area contributed by atoms with Crippen LogP contribution in [0, 0.1) is 6.92 Å². The summed E-state index contributed by atoms with van der Waals surface area (Å²) in [5.41, 5.74) is 2.90. The van der Waals surface area contributed by atoms with Crippen molar-refractivity contribution < 1.29 is 13.2 Å². The summed E-state index contributed by atoms with van der Waals surface area (Å²) in [5.74, 6) is 0. The van der Waals surface area contributed by atoms with Gasteiger partial charge in [-0.3, -0.25) is 0 Å². The molecule has 1 aliphatic heterocycles. The lowest BCUT2D eigenvalue weighted by molar-refractivity contribution is 0.140. The van der Waals surface area contributed by atoms with Gasteiger partial charge in [-0.1, -0.05) is 35.9 Å². The fraction of sp³-hybridized carbons (Fsp3) is 0.375. The zero-order chi connectivity index (χ0) is 15.5. The summed E-state index contributed by atoms with van der Waals surface area (Å²) in [6, 6.07) is 6.91. The molecule has 1 aliphatic rings. The lowest BCUT2D eigenvalue weighted by atomic mass is 10.1. The molecule has 0 saturated heterocycles. The monoisotopic (exact) mass is 307 g/mol. The van der Waals surface area contributed by atoms with Gasteiger partial charge in [0.05, 0.1) is 18.1 Å². The van der Waals surface area contributed by atoms with Crippen LogP contribution in [0.25, 0.3) is 0 Å². The molecule has 0 spiro atoms. The molecule has 5 heteroatoms. The number of hydrogen-bond acceptors (Lipinski definition) is 3. The maximum atomic E-state index is 12.7. The smallest absolute Gasteiger partial charge is 0.243 e. The third kappa shape index (κ3) is 3.81. The number of rotatable bonds is 3. The largest absolute Gasteiger partial charge is 0.375 e. The maximum Gasteiger partial charge on any atom is 0.243 e. The molecule has 0 aliphatic carbocycles. The Kier molecular flexibility index (Phi) is 4.98. The van der Waals surface area contributed by atoms with Crippen molar-refractivity contribution in [3.63, 3.8) is 0 Å². The van der Waals surface area contributed by atoms with Crippen LogP contribution in [0.15, 0.2) is 53.0 Å². The Hall–Kier alpha value is -1.43. The van der Waals surface area contributed by atoms with E-state index in [1.54, 1.807) is 12.1 Å². The second-order valence-electron chi connectivity index (χ2n) is 5.24. The Morgan fingerprint density at radius 2 is 1.95 bits per heavy atom. The van der Waals surface area contributed by atoms with E-state index >= 15 is 0 Å². The highest BCUT2D eigenvalue weighted by Crippen LogP contribution is 2.18. The minimum atomic E-state index is -3.49. The molecule has 2 rings (SSSR count). The fourth-order valence-electron chi connectivity index (χ4n) is 2.09. The standard InChI is InChI=1S/C16H21NO3S/c1-13(2)15-8-9-17(10-11-20-12-15)21(18,19)16-6-4-14(3)5-7-16/h4-8H,1,9-12H2,2-3H3/b15-8+. The maximum absolute atomic E-state index is 12.7. The van der Waals surface area contributed by atoms with Crippen LogP contribution in [0.4, 0.5) is 0 Å². The lowest BCUT2D eigenvalue weighted by Crippen LogP contribution is -2.35. The first-order chi connectivity index (χ1) is 9.91. The summed E-state index contributed by atoms with van der Waals surface area (Å²) in [7, 11) is -3.49. The molecule has 0 bridgehead atoms. The quantitative estimate of drug-likeness (QED) is 0.862. The summed E-state index contributed by atoms with van der Waals surface area (Å²) >= 11 is 0. The van der Waals surface area contributed by atoms with E-state index in [4.69, 9.17) is 4.74 Å². The third-order valence-electron chi connectivity index (χ3n) is 3.49. The van der Waals surface area contributed by atoms with Crippen molar-refractivity contribution in [1.29, 1.82) is 0 Å². The molecular formula is C16H21NO3S. The summed E-state index contributed by atoms with van der Waals surface area (Å²) in [4.78, 5) is 0.318. The van der Waals surface area contributed by atoms with Gasteiger partial charge in [0.2, 0.25) is 10.0 Å². The van der Waals surface area contributed by atoms with Gasteiger partial charge in [-0.15, -0.1) is 0 Å². The molecule has 1 heterocycles. The van der Waals surface area contributed by atoms with Crippen LogP contribution in [0.5, 0.6) is 0 Å². The topological polar surface area (TPSA) is 46.6 Å². The van der Waals surface area contributed by atoms with Gasteiger partial charge in [0, 0.05) is 13.1 Å². The van der Waals surface area contributed by atoms with Crippen LogP contribution in [-0.4, -0.2) is 39.0 Å². The molecule has 1 aromatic carbocycles. The van der Waals surface area contributed by atoms with E-state index in [0.29, 0.717) is 31.2 Å². The molecule has 1 aromatic rings. The van der Waals surface area contributed by atoms with E-state index < -0.39 is 10.0 Å². The molecular weight excluding hydrogens is 286 g/mol. The van der Waals surface area contributed by atoms with Gasteiger partial charge in [0.1, 0.15) is 0 Å². The van der Waals surface area contributed by atoms with Gasteiger partial charge in [-0.25, -0.2) is 8.42 Å². The predicted molar refractivity (Wildman–Crippen MR) is 83.7 cm³/mol. The van der Waals surface area contributed by atoms with E-state index in [1.165, 1.54) is 4.31 Å². The Morgan fingerprint density at radius 1 is 1.29 bits per heavy atom. The first-order valence-corrected chi connectivity index (χ1v) is 8.35. The van der Waals surface area contributed by atoms with Gasteiger partial charge in [-0.2, -0.15) is 4.31 Å². The van der Waals surface area contributed by atoms with Crippen molar-refractivity contribution in [3.05, 3.63) is 53.6 Å². The lowest BCUT2D eigenvalue weighted by Gasteiger charge is -2.24. The molecule has 0 radical (unpaired) electrons. The Balaban J connectivity index is 2.28. The van der Waals surface area contributed by atoms with Crippen LogP contribution in [0.1, 0.15) is 12.5 Å². The van der Waals surface area contributed by atoms with Crippen molar-refractivity contribution in [2.24, 2.45) is 0 Å². The first kappa shape index (κ1) is 15.9. The highest BCUT2D eigenvalue weighted by Gasteiger charge is 2.24. The Morgan fingerprint density at radius 3 is 2.57 bits per heavy atom. The van der Waals surface area contributed by atoms with Crippen molar-refractivity contribution >= 4 is 10.0 Å². The van der Waals surface area contributed by atoms with Crippen LogP contribution in [0.2, 0.25) is 0 Å². The van der Waals surface area contributed by atoms with E-state index in [0.717, 1.165) is 16.7 Å². The summed E-state index contributed by atoms with van der Waals surface area (Å²) in [6.07, 6.45) is 1.88. The second kappa shape index (κ2) is 6.56. The van der Waals surface area contributed by atoms with Crippen LogP contribution < -0.4 is 0 Å². The normalized spacial score (nSPS) is 20.2. The average Bonchev–Trinajstić information content (AvgIpc) is 2.38. The molecule has 0 N–H and O–H groups in total. The van der Waals surface area contributed by atoms with Crippen molar-refractivity contribution in [1.82, 2.24) is 4.31 Å². The molecule has 0 fully saturated rings. The average molecular weight is 307 g/mol. The van der Waals surface area contributed by atoms with Gasteiger partial charge >= 0.3 is 0 Å². The zero-order valence-electron chi connectivity index (χ0n) is 12.5. The van der Waals surface area contributed by atoms with E-state index in [-0.39, 0.29) is 0 Å². The van der Waals surface area contributed by atoms with Gasteiger partial charge in [0.15, 0.2) is 0 Å². The summed E-state index contributed by atoms with van der Waals surface area (Å²) in [5, 5.41) is 0. The molecule has 0 amide bonds. The molecule has 4 nitrogen and oxygen atoms in total. The molecule has 0 atom stereocenters. The molecule has 0 saturated carbocycles. The predicted octanol–water partition coefficient (Wildman–Crippen LogP) is 2.52. The Labute approximate surface area is 126 Å². The number of aryl methyl sites for hydroxylation is 1. The Bertz CT molecular complexity index is 645. The van der Waals surface area contributed by atoms with E-state index in [1.807, 2.05) is 32.1 Å². The number of ether oxygens (including phenoxy) is 1. The van der Waals surface area contributed by atoms with E-state index in [9.17, 15) is 8.42 Å². The minimum absolute atomic E-state index is 0.318. The minimum Gasteiger partial charge on any atom is -0.375 e. The molecule has 0 unspecified atom stereocenters. The highest BCUT2D eigenvalue weighted by molar-refractivity contribution is 7.89. The molecule has 114 valence electrons. The van der Waals surface area contributed by atoms with Gasteiger partial charge in [0.25, 0.3) is 0 Å². The highest BCUT2D eigenvalue weighted by atomic mass is 32.2. The van der Waals surface area contributed by atoms with Crippen LogP contribution >= 0.6 is 0 Å². The van der Waals surface area contributed by atoms with Crippen molar-refractivity contribution in [2.45, 2.75) is 18.7 Å². The molecule has 0 aromatic heterocycles. The summed E-state index contributed by atoms with van der Waals surface area (Å²) < 4.78 is 32.3. The third-order valence-corrected chi connectivity index (χ3v) is 5.37. The fourth-order valence-corrected chi connectivity index (χ4v) is 3.45. The zero-order valence-corrected chi connectivity index (χ0v) is 13.3. The number of benzene rings is 1. The number of hydrogen-bond donors (Lipinski definition) is 0. The van der Waals surface area contributed by atoms with Gasteiger partial charge < -0.3 is 4.74 Å². The molecule has 21 heavy (non-hydrogen) atoms. The second-order valence-corrected chi connectivity index (χ2v) is 7.18. The number of sulfonamides is 1.